The summed E-state index contributed by atoms with van der Waals surface area (Å²) in [7, 11) is 1.54. The molecular weight excluding hydrogens is 804 g/mol. The zero-order valence-corrected chi connectivity index (χ0v) is 43.0. The van der Waals surface area contributed by atoms with Crippen molar-refractivity contribution >= 4 is 13.7 Å². The van der Waals surface area contributed by atoms with Gasteiger partial charge in [0.1, 0.15) is 13.2 Å². The van der Waals surface area contributed by atoms with Crippen molar-refractivity contribution in [1.29, 1.82) is 0 Å². The largest absolute Gasteiger partial charge is 0.472 e. The number of phosphoric ester groups is 1. The van der Waals surface area contributed by atoms with Gasteiger partial charge in [-0.05, 0) is 70.6 Å². The van der Waals surface area contributed by atoms with Crippen LogP contribution in [0.4, 0.5) is 0 Å². The van der Waals surface area contributed by atoms with Gasteiger partial charge in [-0.1, -0.05) is 210 Å². The smallest absolute Gasteiger partial charge is 0.387 e. The lowest BCUT2D eigenvalue weighted by Crippen LogP contribution is -2.45. The molecule has 9 heteroatoms. The third kappa shape index (κ3) is 48.2. The van der Waals surface area contributed by atoms with Crippen LogP contribution in [0.5, 0.6) is 0 Å². The number of nitrogens with zero attached hydrogens (tertiary/aromatic N) is 1. The van der Waals surface area contributed by atoms with Gasteiger partial charge < -0.3 is 19.8 Å². The first-order valence-electron chi connectivity index (χ1n) is 26.5. The first kappa shape index (κ1) is 61.5. The van der Waals surface area contributed by atoms with Crippen molar-refractivity contribution in [3.8, 4) is 0 Å². The van der Waals surface area contributed by atoms with Gasteiger partial charge in [0.2, 0.25) is 5.91 Å². The molecule has 0 aromatic rings. The minimum absolute atomic E-state index is 0.0521. The highest BCUT2D eigenvalue weighted by Crippen LogP contribution is 2.43. The van der Waals surface area contributed by atoms with Gasteiger partial charge in [-0.3, -0.25) is 13.8 Å². The number of allylic oxidation sites excluding steroid dienone is 7. The zero-order chi connectivity index (χ0) is 46.4. The normalized spacial score (nSPS) is 14.5. The van der Waals surface area contributed by atoms with Gasteiger partial charge in [0.25, 0.3) is 0 Å². The van der Waals surface area contributed by atoms with Crippen molar-refractivity contribution in [2.24, 2.45) is 0 Å². The standard InChI is InChI=1S/C54H103N2O6P/c1-6-8-10-12-14-16-18-20-22-24-26-27-28-30-31-33-35-37-39-41-43-45-47-53(57)52(51-62-63(59,60)61-50-49-56(3,4)5)55-54(58)48-46-44-42-40-38-36-34-32-29-25-23-21-19-17-15-13-11-9-7-2/h25,29-31,37,39,45,47,52-53,57H,6-24,26-28,32-36,38,40-44,46,48-51H2,1-5H3,(H-,55,58,59,60)/p+1/b29-25-,31-30+,39-37+,47-45+. The average molecular weight is 908 g/mol. The Morgan fingerprint density at radius 3 is 1.27 bits per heavy atom. The van der Waals surface area contributed by atoms with Crippen LogP contribution in [0.1, 0.15) is 239 Å². The number of amides is 1. The number of hydrogen-bond acceptors (Lipinski definition) is 5. The molecule has 0 aliphatic heterocycles. The molecule has 0 heterocycles. The van der Waals surface area contributed by atoms with Crippen LogP contribution in [0, 0.1) is 0 Å². The van der Waals surface area contributed by atoms with E-state index in [2.05, 4.69) is 55.6 Å². The summed E-state index contributed by atoms with van der Waals surface area (Å²) in [6.07, 6.45) is 59.1. The van der Waals surface area contributed by atoms with E-state index in [9.17, 15) is 19.4 Å². The first-order valence-corrected chi connectivity index (χ1v) is 28.0. The zero-order valence-electron chi connectivity index (χ0n) is 42.1. The summed E-state index contributed by atoms with van der Waals surface area (Å²) in [5.41, 5.74) is 0. The third-order valence-corrected chi connectivity index (χ3v) is 12.7. The van der Waals surface area contributed by atoms with E-state index in [1.807, 2.05) is 27.2 Å². The molecule has 0 aliphatic carbocycles. The quantitative estimate of drug-likeness (QED) is 0.0243. The highest BCUT2D eigenvalue weighted by molar-refractivity contribution is 7.47. The SMILES string of the molecule is CCCCCCCCCC/C=C\CCCCCCCCCC(=O)NC(COP(=O)(O)OCC[N+](C)(C)C)C(O)/C=C/CC/C=C/CC/C=C/CCCCCCCCCCCCCC. The number of nitrogens with one attached hydrogen (secondary N) is 1. The summed E-state index contributed by atoms with van der Waals surface area (Å²) >= 11 is 0. The molecule has 0 aromatic carbocycles. The maximum atomic E-state index is 12.9. The number of hydrogen-bond donors (Lipinski definition) is 3. The molecule has 3 unspecified atom stereocenters. The van der Waals surface area contributed by atoms with Crippen molar-refractivity contribution in [3.05, 3.63) is 48.6 Å². The average Bonchev–Trinajstić information content (AvgIpc) is 3.24. The Balaban J connectivity index is 4.38. The maximum Gasteiger partial charge on any atom is 0.472 e. The highest BCUT2D eigenvalue weighted by Gasteiger charge is 2.27. The molecule has 8 nitrogen and oxygen atoms in total. The molecule has 0 fully saturated rings. The minimum atomic E-state index is -4.36. The molecule has 0 saturated heterocycles. The molecule has 0 aromatic heterocycles. The topological polar surface area (TPSA) is 105 Å². The molecule has 0 bridgehead atoms. The summed E-state index contributed by atoms with van der Waals surface area (Å²) in [6, 6.07) is -0.872. The molecule has 0 rings (SSSR count). The number of unbranched alkanes of at least 4 members (excludes halogenated alkanes) is 29. The fourth-order valence-electron chi connectivity index (χ4n) is 7.54. The number of carbonyl (C=O) groups is 1. The molecule has 63 heavy (non-hydrogen) atoms. The first-order chi connectivity index (χ1) is 30.5. The number of likely N-dealkylation sites (N-methyl/N-ethyl adjacent to an activating group) is 1. The molecule has 0 aliphatic rings. The van der Waals surface area contributed by atoms with Gasteiger partial charge in [0.15, 0.2) is 0 Å². The number of carbonyl (C=O) groups excluding carboxylic acids is 1. The molecule has 0 spiro atoms. The van der Waals surface area contributed by atoms with E-state index in [1.165, 1.54) is 173 Å². The number of aliphatic hydroxyl groups excluding tert-OH is 1. The fraction of sp³-hybridized carbons (Fsp3) is 0.833. The van der Waals surface area contributed by atoms with Gasteiger partial charge in [0, 0.05) is 6.42 Å². The maximum absolute atomic E-state index is 12.9. The van der Waals surface area contributed by atoms with E-state index in [0.29, 0.717) is 17.4 Å². The number of rotatable bonds is 48. The number of aliphatic hydroxyl groups is 1. The van der Waals surface area contributed by atoms with Crippen molar-refractivity contribution in [3.63, 3.8) is 0 Å². The Labute approximate surface area is 390 Å². The van der Waals surface area contributed by atoms with Crippen LogP contribution in [0.15, 0.2) is 48.6 Å². The Kier molecular flexibility index (Phi) is 44.5. The number of quaternary nitrogens is 1. The summed E-state index contributed by atoms with van der Waals surface area (Å²) in [5.74, 6) is -0.195. The van der Waals surface area contributed by atoms with Gasteiger partial charge >= 0.3 is 7.82 Å². The monoisotopic (exact) mass is 908 g/mol. The van der Waals surface area contributed by atoms with Gasteiger partial charge in [0.05, 0.1) is 39.9 Å². The molecular formula is C54H104N2O6P+. The van der Waals surface area contributed by atoms with Crippen molar-refractivity contribution in [1.82, 2.24) is 5.32 Å². The summed E-state index contributed by atoms with van der Waals surface area (Å²) < 4.78 is 23.6. The van der Waals surface area contributed by atoms with Crippen molar-refractivity contribution < 1.29 is 32.9 Å². The Morgan fingerprint density at radius 2 is 0.873 bits per heavy atom. The van der Waals surface area contributed by atoms with E-state index >= 15 is 0 Å². The summed E-state index contributed by atoms with van der Waals surface area (Å²) in [6.45, 7) is 4.80. The molecule has 0 radical (unpaired) electrons. The lowest BCUT2D eigenvalue weighted by molar-refractivity contribution is -0.870. The van der Waals surface area contributed by atoms with Crippen LogP contribution in [0.25, 0.3) is 0 Å². The summed E-state index contributed by atoms with van der Waals surface area (Å²) in [4.78, 5) is 23.2. The minimum Gasteiger partial charge on any atom is -0.387 e. The van der Waals surface area contributed by atoms with Gasteiger partial charge in [-0.2, -0.15) is 0 Å². The predicted octanol–water partition coefficient (Wildman–Crippen LogP) is 15.6. The van der Waals surface area contributed by atoms with Crippen LogP contribution < -0.4 is 5.32 Å². The van der Waals surface area contributed by atoms with Crippen LogP contribution in [-0.2, 0) is 18.4 Å². The van der Waals surface area contributed by atoms with Crippen LogP contribution >= 0.6 is 7.82 Å². The Hall–Kier alpha value is -1.54. The van der Waals surface area contributed by atoms with E-state index in [4.69, 9.17) is 9.05 Å². The van der Waals surface area contributed by atoms with Crippen LogP contribution in [0.3, 0.4) is 0 Å². The molecule has 3 N–H and O–H groups in total. The second-order valence-corrected chi connectivity index (χ2v) is 20.7. The van der Waals surface area contributed by atoms with E-state index in [1.54, 1.807) is 6.08 Å². The van der Waals surface area contributed by atoms with Crippen LogP contribution in [0.2, 0.25) is 0 Å². The molecule has 0 saturated carbocycles. The molecule has 370 valence electrons. The lowest BCUT2D eigenvalue weighted by atomic mass is 10.0. The Morgan fingerprint density at radius 1 is 0.524 bits per heavy atom. The fourth-order valence-corrected chi connectivity index (χ4v) is 8.27. The second-order valence-electron chi connectivity index (χ2n) is 19.2. The van der Waals surface area contributed by atoms with E-state index in [0.717, 1.165) is 44.9 Å². The van der Waals surface area contributed by atoms with Gasteiger partial charge in [-0.25, -0.2) is 4.57 Å². The summed E-state index contributed by atoms with van der Waals surface area (Å²) in [5, 5.41) is 13.9. The molecule has 3 atom stereocenters. The van der Waals surface area contributed by atoms with Crippen molar-refractivity contribution in [2.75, 3.05) is 40.9 Å². The van der Waals surface area contributed by atoms with Crippen molar-refractivity contribution in [2.45, 2.75) is 251 Å². The predicted molar refractivity (Wildman–Crippen MR) is 272 cm³/mol. The lowest BCUT2D eigenvalue weighted by Gasteiger charge is -2.25. The third-order valence-electron chi connectivity index (χ3n) is 11.7. The van der Waals surface area contributed by atoms with Gasteiger partial charge in [-0.15, -0.1) is 0 Å². The second kappa shape index (κ2) is 45.6. The van der Waals surface area contributed by atoms with E-state index < -0.39 is 20.0 Å². The van der Waals surface area contributed by atoms with Crippen LogP contribution in [-0.4, -0.2) is 73.4 Å². The molecule has 1 amide bonds. The Bertz CT molecular complexity index is 1170. The van der Waals surface area contributed by atoms with E-state index in [-0.39, 0.29) is 19.1 Å². The highest BCUT2D eigenvalue weighted by atomic mass is 31.2. The number of phosphoric acid groups is 1.